The van der Waals surface area contributed by atoms with Crippen LogP contribution in [0.25, 0.3) is 0 Å². The zero-order valence-electron chi connectivity index (χ0n) is 14.3. The summed E-state index contributed by atoms with van der Waals surface area (Å²) in [6.07, 6.45) is 3.44. The number of hydrogen-bond acceptors (Lipinski definition) is 7. The lowest BCUT2D eigenvalue weighted by atomic mass is 10.2. The van der Waals surface area contributed by atoms with E-state index in [1.807, 2.05) is 13.8 Å². The SMILES string of the molecule is CC(C)OC[C@@H](O)CN1CCC[C@@H]1c1nc(C(=O)NC2CC2)no1. The number of ether oxygens (including phenoxy) is 1. The van der Waals surface area contributed by atoms with Crippen LogP contribution in [0.1, 0.15) is 62.1 Å². The van der Waals surface area contributed by atoms with Gasteiger partial charge in [-0.05, 0) is 46.1 Å². The molecule has 1 aromatic rings. The summed E-state index contributed by atoms with van der Waals surface area (Å²) in [6.45, 7) is 5.54. The maximum Gasteiger partial charge on any atom is 0.292 e. The van der Waals surface area contributed by atoms with Crippen molar-refractivity contribution in [1.29, 1.82) is 0 Å². The number of rotatable bonds is 8. The summed E-state index contributed by atoms with van der Waals surface area (Å²) in [4.78, 5) is 18.3. The second-order valence-electron chi connectivity index (χ2n) is 6.89. The number of hydrogen-bond donors (Lipinski definition) is 2. The van der Waals surface area contributed by atoms with E-state index < -0.39 is 6.10 Å². The molecule has 0 radical (unpaired) electrons. The van der Waals surface area contributed by atoms with Crippen LogP contribution in [-0.4, -0.2) is 64.0 Å². The smallest absolute Gasteiger partial charge is 0.292 e. The van der Waals surface area contributed by atoms with E-state index in [1.54, 1.807) is 0 Å². The van der Waals surface area contributed by atoms with Gasteiger partial charge >= 0.3 is 0 Å². The first kappa shape index (κ1) is 17.3. The third-order valence-electron chi connectivity index (χ3n) is 4.27. The van der Waals surface area contributed by atoms with Gasteiger partial charge in [-0.3, -0.25) is 9.69 Å². The summed E-state index contributed by atoms with van der Waals surface area (Å²) >= 11 is 0. The molecule has 2 fully saturated rings. The highest BCUT2D eigenvalue weighted by Crippen LogP contribution is 2.31. The molecule has 24 heavy (non-hydrogen) atoms. The Hall–Kier alpha value is -1.51. The van der Waals surface area contributed by atoms with E-state index in [9.17, 15) is 9.90 Å². The molecule has 2 N–H and O–H groups in total. The van der Waals surface area contributed by atoms with E-state index in [2.05, 4.69) is 20.4 Å². The van der Waals surface area contributed by atoms with Crippen molar-refractivity contribution in [2.24, 2.45) is 0 Å². The Kier molecular flexibility index (Phi) is 5.47. The molecule has 1 aliphatic carbocycles. The molecule has 1 aliphatic heterocycles. The van der Waals surface area contributed by atoms with E-state index in [4.69, 9.17) is 9.26 Å². The molecular weight excluding hydrogens is 312 g/mol. The molecule has 8 nitrogen and oxygen atoms in total. The Labute approximate surface area is 141 Å². The highest BCUT2D eigenvalue weighted by Gasteiger charge is 2.33. The standard InChI is InChI=1S/C16H26N4O4/c1-10(2)23-9-12(21)8-20-7-3-4-13(20)16-18-14(19-24-16)15(22)17-11-5-6-11/h10-13,21H,3-9H2,1-2H3,(H,17,22)/t12-,13+/m0/s1. The van der Waals surface area contributed by atoms with Crippen molar-refractivity contribution in [3.8, 4) is 0 Å². The molecule has 2 heterocycles. The van der Waals surface area contributed by atoms with Gasteiger partial charge in [0.25, 0.3) is 11.7 Å². The Morgan fingerprint density at radius 1 is 1.46 bits per heavy atom. The predicted octanol–water partition coefficient (Wildman–Crippen LogP) is 0.885. The van der Waals surface area contributed by atoms with Gasteiger partial charge in [-0.15, -0.1) is 0 Å². The van der Waals surface area contributed by atoms with Gasteiger partial charge < -0.3 is 19.7 Å². The van der Waals surface area contributed by atoms with Crippen molar-refractivity contribution in [3.05, 3.63) is 11.7 Å². The molecule has 1 saturated heterocycles. The van der Waals surface area contributed by atoms with Crippen LogP contribution < -0.4 is 5.32 Å². The van der Waals surface area contributed by atoms with Gasteiger partial charge in [0.05, 0.1) is 24.9 Å². The van der Waals surface area contributed by atoms with E-state index in [1.165, 1.54) is 0 Å². The number of aliphatic hydroxyl groups is 1. The number of aliphatic hydroxyl groups excluding tert-OH is 1. The monoisotopic (exact) mass is 338 g/mol. The normalized spacial score (nSPS) is 22.9. The molecule has 1 amide bonds. The van der Waals surface area contributed by atoms with Crippen LogP contribution in [0, 0.1) is 0 Å². The number of carbonyl (C=O) groups is 1. The summed E-state index contributed by atoms with van der Waals surface area (Å²) in [6, 6.07) is 0.215. The molecule has 1 aromatic heterocycles. The number of nitrogens with one attached hydrogen (secondary N) is 1. The van der Waals surface area contributed by atoms with Crippen LogP contribution in [-0.2, 0) is 4.74 Å². The summed E-state index contributed by atoms with van der Waals surface area (Å²) in [5.41, 5.74) is 0. The van der Waals surface area contributed by atoms with Gasteiger partial charge in [0.2, 0.25) is 5.89 Å². The van der Waals surface area contributed by atoms with E-state index >= 15 is 0 Å². The first-order chi connectivity index (χ1) is 11.5. The predicted molar refractivity (Wildman–Crippen MR) is 85.4 cm³/mol. The molecular formula is C16H26N4O4. The Morgan fingerprint density at radius 3 is 2.96 bits per heavy atom. The highest BCUT2D eigenvalue weighted by atomic mass is 16.5. The number of nitrogens with zero attached hydrogens (tertiary/aromatic N) is 3. The van der Waals surface area contributed by atoms with Gasteiger partial charge in [0.1, 0.15) is 0 Å². The third kappa shape index (κ3) is 4.52. The average Bonchev–Trinajstić information content (AvgIpc) is 3.03. The van der Waals surface area contributed by atoms with E-state index in [0.717, 1.165) is 32.2 Å². The van der Waals surface area contributed by atoms with E-state index in [-0.39, 0.29) is 29.9 Å². The van der Waals surface area contributed by atoms with E-state index in [0.29, 0.717) is 19.0 Å². The fourth-order valence-corrected chi connectivity index (χ4v) is 2.89. The zero-order chi connectivity index (χ0) is 17.1. The molecule has 0 aromatic carbocycles. The van der Waals surface area contributed by atoms with Gasteiger partial charge in [-0.25, -0.2) is 0 Å². The summed E-state index contributed by atoms with van der Waals surface area (Å²) in [5, 5.41) is 16.8. The van der Waals surface area contributed by atoms with Crippen LogP contribution in [0.3, 0.4) is 0 Å². The number of β-amino-alcohol motifs (C(OH)–C–C–N with tert-alkyl or cyclic N) is 1. The molecule has 0 unspecified atom stereocenters. The van der Waals surface area contributed by atoms with Crippen molar-refractivity contribution in [1.82, 2.24) is 20.4 Å². The summed E-state index contributed by atoms with van der Waals surface area (Å²) < 4.78 is 10.8. The third-order valence-corrected chi connectivity index (χ3v) is 4.27. The average molecular weight is 338 g/mol. The van der Waals surface area contributed by atoms with Crippen molar-refractivity contribution < 1.29 is 19.2 Å². The minimum Gasteiger partial charge on any atom is -0.389 e. The van der Waals surface area contributed by atoms with Crippen LogP contribution in [0.2, 0.25) is 0 Å². The zero-order valence-corrected chi connectivity index (χ0v) is 14.3. The largest absolute Gasteiger partial charge is 0.389 e. The summed E-state index contributed by atoms with van der Waals surface area (Å²) in [7, 11) is 0. The first-order valence-corrected chi connectivity index (χ1v) is 8.71. The number of carbonyl (C=O) groups excluding carboxylic acids is 1. The molecule has 0 spiro atoms. The molecule has 0 bridgehead atoms. The minimum absolute atomic E-state index is 0.0475. The highest BCUT2D eigenvalue weighted by molar-refractivity contribution is 5.90. The number of aromatic nitrogens is 2. The van der Waals surface area contributed by atoms with Crippen LogP contribution in [0.4, 0.5) is 0 Å². The van der Waals surface area contributed by atoms with Crippen molar-refractivity contribution >= 4 is 5.91 Å². The molecule has 1 saturated carbocycles. The quantitative estimate of drug-likeness (QED) is 0.726. The topological polar surface area (TPSA) is 101 Å². The second-order valence-corrected chi connectivity index (χ2v) is 6.89. The molecule has 8 heteroatoms. The minimum atomic E-state index is -0.562. The maximum atomic E-state index is 12.0. The Balaban J connectivity index is 1.56. The lowest BCUT2D eigenvalue weighted by Crippen LogP contribution is -2.35. The van der Waals surface area contributed by atoms with Crippen LogP contribution in [0.5, 0.6) is 0 Å². The van der Waals surface area contributed by atoms with Crippen molar-refractivity contribution in [2.75, 3.05) is 19.7 Å². The number of likely N-dealkylation sites (tertiary alicyclic amines) is 1. The van der Waals surface area contributed by atoms with Gasteiger partial charge in [0.15, 0.2) is 0 Å². The Bertz CT molecular complexity index is 558. The maximum absolute atomic E-state index is 12.0. The molecule has 2 atom stereocenters. The molecule has 134 valence electrons. The van der Waals surface area contributed by atoms with Crippen molar-refractivity contribution in [2.45, 2.75) is 63.8 Å². The van der Waals surface area contributed by atoms with Gasteiger partial charge in [-0.1, -0.05) is 5.16 Å². The van der Waals surface area contributed by atoms with Gasteiger partial charge in [-0.2, -0.15) is 4.98 Å². The number of amides is 1. The van der Waals surface area contributed by atoms with Gasteiger partial charge in [0, 0.05) is 12.6 Å². The van der Waals surface area contributed by atoms with Crippen LogP contribution >= 0.6 is 0 Å². The fraction of sp³-hybridized carbons (Fsp3) is 0.812. The fourth-order valence-electron chi connectivity index (χ4n) is 2.89. The first-order valence-electron chi connectivity index (χ1n) is 8.71. The van der Waals surface area contributed by atoms with Crippen molar-refractivity contribution in [3.63, 3.8) is 0 Å². The molecule has 2 aliphatic rings. The Morgan fingerprint density at radius 2 is 2.25 bits per heavy atom. The second kappa shape index (κ2) is 7.58. The lowest BCUT2D eigenvalue weighted by molar-refractivity contribution is -0.0115. The summed E-state index contributed by atoms with van der Waals surface area (Å²) in [5.74, 6) is 0.264. The lowest BCUT2D eigenvalue weighted by Gasteiger charge is -2.24. The van der Waals surface area contributed by atoms with Crippen LogP contribution in [0.15, 0.2) is 4.52 Å². The molecule has 3 rings (SSSR count).